The summed E-state index contributed by atoms with van der Waals surface area (Å²) in [5.74, 6) is 0. The zero-order valence-corrected chi connectivity index (χ0v) is 10.6. The maximum absolute atomic E-state index is 5.17. The van der Waals surface area contributed by atoms with Crippen molar-refractivity contribution in [1.29, 1.82) is 0 Å². The summed E-state index contributed by atoms with van der Waals surface area (Å²) in [6.45, 7) is 5.72. The van der Waals surface area contributed by atoms with E-state index in [2.05, 4.69) is 10.2 Å². The van der Waals surface area contributed by atoms with Crippen LogP contribution in [-0.4, -0.2) is 50.3 Å². The molecule has 16 heavy (non-hydrogen) atoms. The monoisotopic (exact) mass is 226 g/mol. The molecule has 0 unspecified atom stereocenters. The fourth-order valence-electron chi connectivity index (χ4n) is 3.34. The van der Waals surface area contributed by atoms with Crippen LogP contribution in [0.25, 0.3) is 0 Å². The molecule has 0 bridgehead atoms. The zero-order chi connectivity index (χ0) is 11.3. The SMILES string of the molecule is COCCCN1CCNCC12CCCCC2. The van der Waals surface area contributed by atoms with E-state index < -0.39 is 0 Å². The first-order valence-corrected chi connectivity index (χ1v) is 6.82. The molecule has 3 heteroatoms. The Bertz CT molecular complexity index is 194. The zero-order valence-electron chi connectivity index (χ0n) is 10.6. The van der Waals surface area contributed by atoms with E-state index in [1.807, 2.05) is 0 Å². The predicted octanol–water partition coefficient (Wildman–Crippen LogP) is 1.63. The number of nitrogens with one attached hydrogen (secondary N) is 1. The fraction of sp³-hybridized carbons (Fsp3) is 1.00. The van der Waals surface area contributed by atoms with Gasteiger partial charge in [0.15, 0.2) is 0 Å². The molecule has 2 fully saturated rings. The van der Waals surface area contributed by atoms with Gasteiger partial charge in [0.05, 0.1) is 0 Å². The van der Waals surface area contributed by atoms with Gasteiger partial charge in [-0.05, 0) is 19.3 Å². The molecule has 1 heterocycles. The van der Waals surface area contributed by atoms with E-state index in [1.165, 1.54) is 58.2 Å². The van der Waals surface area contributed by atoms with Crippen molar-refractivity contribution in [3.8, 4) is 0 Å². The van der Waals surface area contributed by atoms with Gasteiger partial charge in [-0.3, -0.25) is 4.90 Å². The Morgan fingerprint density at radius 2 is 2.06 bits per heavy atom. The molecule has 0 atom stereocenters. The third kappa shape index (κ3) is 2.76. The quantitative estimate of drug-likeness (QED) is 0.737. The van der Waals surface area contributed by atoms with Crippen molar-refractivity contribution in [1.82, 2.24) is 10.2 Å². The fourth-order valence-corrected chi connectivity index (χ4v) is 3.34. The Labute approximate surface area is 99.5 Å². The number of hydrogen-bond donors (Lipinski definition) is 1. The van der Waals surface area contributed by atoms with Crippen molar-refractivity contribution in [2.75, 3.05) is 39.9 Å². The smallest absolute Gasteiger partial charge is 0.0474 e. The van der Waals surface area contributed by atoms with Gasteiger partial charge in [0, 0.05) is 45.4 Å². The van der Waals surface area contributed by atoms with Gasteiger partial charge < -0.3 is 10.1 Å². The Morgan fingerprint density at radius 1 is 1.25 bits per heavy atom. The molecule has 1 aliphatic carbocycles. The molecule has 2 rings (SSSR count). The van der Waals surface area contributed by atoms with Crippen molar-refractivity contribution in [2.45, 2.75) is 44.1 Å². The van der Waals surface area contributed by atoms with Crippen LogP contribution in [0.3, 0.4) is 0 Å². The molecule has 2 aliphatic rings. The van der Waals surface area contributed by atoms with Gasteiger partial charge in [-0.1, -0.05) is 19.3 Å². The van der Waals surface area contributed by atoms with Crippen molar-refractivity contribution in [3.63, 3.8) is 0 Å². The number of hydrogen-bond acceptors (Lipinski definition) is 3. The standard InChI is InChI=1S/C13H26N2O/c1-16-11-5-9-15-10-8-14-12-13(15)6-3-2-4-7-13/h14H,2-12H2,1H3. The molecule has 1 spiro atoms. The molecule has 0 radical (unpaired) electrons. The molecule has 0 aromatic carbocycles. The number of piperazine rings is 1. The topological polar surface area (TPSA) is 24.5 Å². The largest absolute Gasteiger partial charge is 0.385 e. The van der Waals surface area contributed by atoms with Gasteiger partial charge in [0.1, 0.15) is 0 Å². The highest BCUT2D eigenvalue weighted by Crippen LogP contribution is 2.34. The third-order valence-electron chi connectivity index (χ3n) is 4.24. The normalized spacial score (nSPS) is 26.1. The van der Waals surface area contributed by atoms with Crippen molar-refractivity contribution < 1.29 is 4.74 Å². The molecule has 1 N–H and O–H groups in total. The van der Waals surface area contributed by atoms with Gasteiger partial charge in [-0.25, -0.2) is 0 Å². The summed E-state index contributed by atoms with van der Waals surface area (Å²) in [5, 5.41) is 3.59. The van der Waals surface area contributed by atoms with E-state index in [0.29, 0.717) is 5.54 Å². The van der Waals surface area contributed by atoms with Crippen LogP contribution in [-0.2, 0) is 4.74 Å². The Kier molecular flexibility index (Phi) is 4.62. The molecular formula is C13H26N2O. The highest BCUT2D eigenvalue weighted by Gasteiger charge is 2.38. The average molecular weight is 226 g/mol. The van der Waals surface area contributed by atoms with Crippen molar-refractivity contribution >= 4 is 0 Å². The summed E-state index contributed by atoms with van der Waals surface area (Å²) in [7, 11) is 1.80. The van der Waals surface area contributed by atoms with E-state index in [9.17, 15) is 0 Å². The highest BCUT2D eigenvalue weighted by molar-refractivity contribution is 4.97. The predicted molar refractivity (Wildman–Crippen MR) is 66.8 cm³/mol. The maximum Gasteiger partial charge on any atom is 0.0474 e. The Morgan fingerprint density at radius 3 is 2.81 bits per heavy atom. The van der Waals surface area contributed by atoms with Crippen molar-refractivity contribution in [3.05, 3.63) is 0 Å². The summed E-state index contributed by atoms with van der Waals surface area (Å²) >= 11 is 0. The van der Waals surface area contributed by atoms with Crippen LogP contribution in [0.1, 0.15) is 38.5 Å². The lowest BCUT2D eigenvalue weighted by Crippen LogP contribution is -2.62. The van der Waals surface area contributed by atoms with E-state index in [4.69, 9.17) is 4.74 Å². The summed E-state index contributed by atoms with van der Waals surface area (Å²) in [5.41, 5.74) is 0.490. The molecule has 3 nitrogen and oxygen atoms in total. The van der Waals surface area contributed by atoms with Gasteiger partial charge in [0.25, 0.3) is 0 Å². The van der Waals surface area contributed by atoms with Crippen LogP contribution in [0.15, 0.2) is 0 Å². The molecule has 1 saturated heterocycles. The minimum atomic E-state index is 0.490. The molecule has 0 aromatic heterocycles. The van der Waals surface area contributed by atoms with Gasteiger partial charge in [-0.2, -0.15) is 0 Å². The second kappa shape index (κ2) is 5.99. The van der Waals surface area contributed by atoms with E-state index >= 15 is 0 Å². The lowest BCUT2D eigenvalue weighted by molar-refractivity contribution is 0.0215. The number of methoxy groups -OCH3 is 1. The first-order valence-electron chi connectivity index (χ1n) is 6.82. The molecule has 0 aromatic rings. The summed E-state index contributed by atoms with van der Waals surface area (Å²) in [6, 6.07) is 0. The minimum Gasteiger partial charge on any atom is -0.385 e. The van der Waals surface area contributed by atoms with Gasteiger partial charge in [0.2, 0.25) is 0 Å². The van der Waals surface area contributed by atoms with E-state index in [0.717, 1.165) is 13.2 Å². The highest BCUT2D eigenvalue weighted by atomic mass is 16.5. The Hall–Kier alpha value is -0.120. The summed E-state index contributed by atoms with van der Waals surface area (Å²) in [6.07, 6.45) is 8.25. The molecule has 0 amide bonds. The average Bonchev–Trinajstić information content (AvgIpc) is 2.33. The lowest BCUT2D eigenvalue weighted by atomic mass is 9.79. The number of ether oxygens (including phenoxy) is 1. The first-order chi connectivity index (χ1) is 7.87. The van der Waals surface area contributed by atoms with E-state index in [1.54, 1.807) is 7.11 Å². The lowest BCUT2D eigenvalue weighted by Gasteiger charge is -2.50. The maximum atomic E-state index is 5.17. The number of rotatable bonds is 4. The summed E-state index contributed by atoms with van der Waals surface area (Å²) < 4.78 is 5.17. The third-order valence-corrected chi connectivity index (χ3v) is 4.24. The van der Waals surface area contributed by atoms with Crippen LogP contribution in [0.4, 0.5) is 0 Å². The molecule has 94 valence electrons. The van der Waals surface area contributed by atoms with Crippen LogP contribution in [0.2, 0.25) is 0 Å². The number of nitrogens with zero attached hydrogens (tertiary/aromatic N) is 1. The van der Waals surface area contributed by atoms with Crippen LogP contribution in [0, 0.1) is 0 Å². The van der Waals surface area contributed by atoms with Gasteiger partial charge >= 0.3 is 0 Å². The van der Waals surface area contributed by atoms with Crippen LogP contribution < -0.4 is 5.32 Å². The van der Waals surface area contributed by atoms with Crippen LogP contribution in [0.5, 0.6) is 0 Å². The molecule has 1 aliphatic heterocycles. The second-order valence-corrected chi connectivity index (χ2v) is 5.30. The van der Waals surface area contributed by atoms with Crippen molar-refractivity contribution in [2.24, 2.45) is 0 Å². The summed E-state index contributed by atoms with van der Waals surface area (Å²) in [4.78, 5) is 2.74. The second-order valence-electron chi connectivity index (χ2n) is 5.30. The Balaban J connectivity index is 1.90. The van der Waals surface area contributed by atoms with E-state index in [-0.39, 0.29) is 0 Å². The minimum absolute atomic E-state index is 0.490. The first kappa shape index (κ1) is 12.3. The van der Waals surface area contributed by atoms with Gasteiger partial charge in [-0.15, -0.1) is 0 Å². The van der Waals surface area contributed by atoms with Crippen LogP contribution >= 0.6 is 0 Å². The molecule has 1 saturated carbocycles. The molecular weight excluding hydrogens is 200 g/mol.